The molecule has 0 unspecified atom stereocenters. The summed E-state index contributed by atoms with van der Waals surface area (Å²) >= 11 is 0. The van der Waals surface area contributed by atoms with Gasteiger partial charge < -0.3 is 4.90 Å². The molecule has 1 aliphatic heterocycles. The lowest BCUT2D eigenvalue weighted by Crippen LogP contribution is -2.38. The molecule has 4 rings (SSSR count). The largest absolute Gasteiger partial charge is 0.416 e. The van der Waals surface area contributed by atoms with E-state index in [4.69, 9.17) is 0 Å². The van der Waals surface area contributed by atoms with Crippen molar-refractivity contribution in [2.75, 3.05) is 32.7 Å². The predicted molar refractivity (Wildman–Crippen MR) is 104 cm³/mol. The van der Waals surface area contributed by atoms with E-state index in [1.807, 2.05) is 0 Å². The summed E-state index contributed by atoms with van der Waals surface area (Å²) in [5, 5.41) is 4.22. The van der Waals surface area contributed by atoms with Crippen LogP contribution in [0.15, 0.2) is 30.5 Å². The summed E-state index contributed by atoms with van der Waals surface area (Å²) in [7, 11) is 0. The molecular weight excluding hydrogens is 438 g/mol. The van der Waals surface area contributed by atoms with Crippen LogP contribution in [0.25, 0.3) is 5.69 Å². The van der Waals surface area contributed by atoms with Gasteiger partial charge in [0.05, 0.1) is 35.2 Å². The minimum absolute atomic E-state index is 0.0136. The van der Waals surface area contributed by atoms with Gasteiger partial charge in [0.25, 0.3) is 5.91 Å². The lowest BCUT2D eigenvalue weighted by molar-refractivity contribution is -0.145. The van der Waals surface area contributed by atoms with E-state index < -0.39 is 24.5 Å². The van der Waals surface area contributed by atoms with Crippen LogP contribution in [0.1, 0.15) is 46.8 Å². The Hall–Kier alpha value is -2.56. The van der Waals surface area contributed by atoms with Crippen molar-refractivity contribution in [3.05, 3.63) is 47.3 Å². The van der Waals surface area contributed by atoms with Crippen molar-refractivity contribution in [1.29, 1.82) is 0 Å². The van der Waals surface area contributed by atoms with Crippen molar-refractivity contribution >= 4 is 5.91 Å². The van der Waals surface area contributed by atoms with Gasteiger partial charge in [-0.05, 0) is 37.5 Å². The highest BCUT2D eigenvalue weighted by Gasteiger charge is 2.36. The number of alkyl halides is 6. The third-order valence-electron chi connectivity index (χ3n) is 5.70. The van der Waals surface area contributed by atoms with Gasteiger partial charge in [-0.2, -0.15) is 31.4 Å². The van der Waals surface area contributed by atoms with E-state index in [0.717, 1.165) is 25.0 Å². The summed E-state index contributed by atoms with van der Waals surface area (Å²) in [6.45, 7) is -0.219. The van der Waals surface area contributed by atoms with Gasteiger partial charge in [0.15, 0.2) is 0 Å². The monoisotopic (exact) mass is 460 g/mol. The molecule has 0 radical (unpaired) electrons. The smallest absolute Gasteiger partial charge is 0.337 e. The van der Waals surface area contributed by atoms with Gasteiger partial charge in [-0.1, -0.05) is 6.07 Å². The molecule has 2 aliphatic rings. The zero-order chi connectivity index (χ0) is 23.1. The molecule has 1 aromatic heterocycles. The summed E-state index contributed by atoms with van der Waals surface area (Å²) < 4.78 is 78.9. The van der Waals surface area contributed by atoms with Gasteiger partial charge in [-0.25, -0.2) is 4.68 Å². The Morgan fingerprint density at radius 3 is 2.44 bits per heavy atom. The molecule has 1 aromatic carbocycles. The van der Waals surface area contributed by atoms with Crippen LogP contribution in [-0.4, -0.2) is 64.4 Å². The number of hydrogen-bond donors (Lipinski definition) is 0. The highest BCUT2D eigenvalue weighted by Crippen LogP contribution is 2.43. The maximum Gasteiger partial charge on any atom is 0.416 e. The molecule has 0 atom stereocenters. The Balaban J connectivity index is 1.58. The van der Waals surface area contributed by atoms with Crippen molar-refractivity contribution in [2.45, 2.75) is 37.5 Å². The second kappa shape index (κ2) is 8.42. The predicted octanol–water partition coefficient (Wildman–Crippen LogP) is 4.48. The third-order valence-corrected chi connectivity index (χ3v) is 5.70. The number of amides is 1. The first-order chi connectivity index (χ1) is 15.0. The molecule has 1 amide bonds. The molecule has 1 saturated heterocycles. The zero-order valence-corrected chi connectivity index (χ0v) is 17.1. The number of nitrogens with zero attached hydrogens (tertiary/aromatic N) is 4. The Morgan fingerprint density at radius 2 is 1.78 bits per heavy atom. The number of hydrogen-bond acceptors (Lipinski definition) is 3. The summed E-state index contributed by atoms with van der Waals surface area (Å²) in [5.41, 5.74) is 0.269. The van der Waals surface area contributed by atoms with Crippen molar-refractivity contribution < 1.29 is 31.1 Å². The molecular formula is C21H22F6N4O. The van der Waals surface area contributed by atoms with Crippen LogP contribution in [0.3, 0.4) is 0 Å². The average molecular weight is 460 g/mol. The van der Waals surface area contributed by atoms with E-state index in [-0.39, 0.29) is 37.1 Å². The molecule has 1 saturated carbocycles. The van der Waals surface area contributed by atoms with Crippen molar-refractivity contribution in [3.63, 3.8) is 0 Å². The molecule has 11 heteroatoms. The minimum Gasteiger partial charge on any atom is -0.337 e. The van der Waals surface area contributed by atoms with Gasteiger partial charge in [0.1, 0.15) is 0 Å². The van der Waals surface area contributed by atoms with E-state index in [1.165, 1.54) is 32.8 Å². The van der Waals surface area contributed by atoms with Crippen LogP contribution < -0.4 is 0 Å². The number of rotatable bonds is 4. The molecule has 0 spiro atoms. The normalized spacial score (nSPS) is 18.6. The number of halogens is 6. The maximum atomic E-state index is 13.2. The molecule has 0 N–H and O–H groups in total. The summed E-state index contributed by atoms with van der Waals surface area (Å²) in [5.74, 6) is -0.335. The Kier molecular flexibility index (Phi) is 5.95. The Bertz CT molecular complexity index is 979. The van der Waals surface area contributed by atoms with E-state index >= 15 is 0 Å². The van der Waals surface area contributed by atoms with Crippen molar-refractivity contribution in [1.82, 2.24) is 19.6 Å². The van der Waals surface area contributed by atoms with Crippen LogP contribution in [-0.2, 0) is 6.18 Å². The molecule has 0 bridgehead atoms. The SMILES string of the molecule is O=C(c1cnn(-c2cccc(C(F)(F)F)c2)c1C1CC1)N1CCCN(CC(F)(F)F)CC1. The van der Waals surface area contributed by atoms with Crippen LogP contribution in [0.2, 0.25) is 0 Å². The lowest BCUT2D eigenvalue weighted by Gasteiger charge is -2.23. The molecule has 1 aliphatic carbocycles. The molecule has 32 heavy (non-hydrogen) atoms. The van der Waals surface area contributed by atoms with Crippen LogP contribution >= 0.6 is 0 Å². The first-order valence-electron chi connectivity index (χ1n) is 10.4. The Labute approximate surface area is 180 Å². The fourth-order valence-corrected chi connectivity index (χ4v) is 4.05. The summed E-state index contributed by atoms with van der Waals surface area (Å²) in [4.78, 5) is 16.0. The minimum atomic E-state index is -4.50. The number of carbonyl (C=O) groups excluding carboxylic acids is 1. The average Bonchev–Trinajstić information content (AvgIpc) is 3.49. The second-order valence-corrected chi connectivity index (χ2v) is 8.21. The molecule has 2 aromatic rings. The van der Waals surface area contributed by atoms with E-state index in [0.29, 0.717) is 24.2 Å². The maximum absolute atomic E-state index is 13.2. The van der Waals surface area contributed by atoms with Gasteiger partial charge >= 0.3 is 12.4 Å². The first-order valence-corrected chi connectivity index (χ1v) is 10.4. The van der Waals surface area contributed by atoms with Gasteiger partial charge in [0.2, 0.25) is 0 Å². The fraction of sp³-hybridized carbons (Fsp3) is 0.524. The summed E-state index contributed by atoms with van der Waals surface area (Å²) in [6, 6.07) is 4.76. The molecule has 2 heterocycles. The third kappa shape index (κ3) is 5.08. The molecule has 174 valence electrons. The fourth-order valence-electron chi connectivity index (χ4n) is 4.05. The first kappa shape index (κ1) is 22.6. The second-order valence-electron chi connectivity index (χ2n) is 8.21. The van der Waals surface area contributed by atoms with Crippen LogP contribution in [0.5, 0.6) is 0 Å². The van der Waals surface area contributed by atoms with E-state index in [9.17, 15) is 31.1 Å². The van der Waals surface area contributed by atoms with Crippen LogP contribution in [0.4, 0.5) is 26.3 Å². The molecule has 2 fully saturated rings. The summed E-state index contributed by atoms with van der Waals surface area (Å²) in [6.07, 6.45) is -5.45. The van der Waals surface area contributed by atoms with Crippen molar-refractivity contribution in [3.8, 4) is 5.69 Å². The quantitative estimate of drug-likeness (QED) is 0.632. The highest BCUT2D eigenvalue weighted by atomic mass is 19.4. The highest BCUT2D eigenvalue weighted by molar-refractivity contribution is 5.95. The number of benzene rings is 1. The standard InChI is InChI=1S/C21H22F6N4O/c22-20(23,24)13-29-7-2-8-30(10-9-29)19(32)17-12-28-31(18(17)14-5-6-14)16-4-1-3-15(11-16)21(25,26)27/h1,3-4,11-12,14H,2,5-10,13H2. The van der Waals surface area contributed by atoms with Gasteiger partial charge in [-0.15, -0.1) is 0 Å². The van der Waals surface area contributed by atoms with E-state index in [1.54, 1.807) is 0 Å². The Morgan fingerprint density at radius 1 is 1.03 bits per heavy atom. The number of carbonyl (C=O) groups is 1. The van der Waals surface area contributed by atoms with Crippen molar-refractivity contribution in [2.24, 2.45) is 0 Å². The molecule has 5 nitrogen and oxygen atoms in total. The topological polar surface area (TPSA) is 41.4 Å². The van der Waals surface area contributed by atoms with Gasteiger partial charge in [0, 0.05) is 32.1 Å². The van der Waals surface area contributed by atoms with E-state index in [2.05, 4.69) is 5.10 Å². The zero-order valence-electron chi connectivity index (χ0n) is 17.1. The van der Waals surface area contributed by atoms with Gasteiger partial charge in [-0.3, -0.25) is 9.69 Å². The lowest BCUT2D eigenvalue weighted by atomic mass is 10.1. The van der Waals surface area contributed by atoms with Crippen LogP contribution in [0, 0.1) is 0 Å². The number of aromatic nitrogens is 2.